The number of nitrogens with zero attached hydrogens (tertiary/aromatic N) is 1. The van der Waals surface area contributed by atoms with Gasteiger partial charge in [-0.05, 0) is 18.2 Å². The van der Waals surface area contributed by atoms with Gasteiger partial charge in [-0.3, -0.25) is 5.43 Å². The van der Waals surface area contributed by atoms with Crippen LogP contribution in [-0.4, -0.2) is 9.97 Å². The van der Waals surface area contributed by atoms with E-state index in [1.165, 1.54) is 12.3 Å². The van der Waals surface area contributed by atoms with E-state index in [0.717, 1.165) is 4.47 Å². The fourth-order valence-corrected chi connectivity index (χ4v) is 1.60. The summed E-state index contributed by atoms with van der Waals surface area (Å²) in [4.78, 5) is 6.75. The van der Waals surface area contributed by atoms with Crippen LogP contribution in [0.25, 0.3) is 11.3 Å². The van der Waals surface area contributed by atoms with Crippen molar-refractivity contribution in [1.29, 1.82) is 0 Å². The summed E-state index contributed by atoms with van der Waals surface area (Å²) in [5.41, 5.74) is 3.36. The molecular formula is C9H8BrFN4. The molecule has 4 N–H and O–H groups in total. The Labute approximate surface area is 93.8 Å². The highest BCUT2D eigenvalue weighted by Gasteiger charge is 2.08. The quantitative estimate of drug-likeness (QED) is 0.579. The van der Waals surface area contributed by atoms with Gasteiger partial charge in [0.15, 0.2) is 0 Å². The summed E-state index contributed by atoms with van der Waals surface area (Å²) in [6.45, 7) is 0. The Morgan fingerprint density at radius 3 is 2.93 bits per heavy atom. The van der Waals surface area contributed by atoms with E-state index in [9.17, 15) is 4.39 Å². The molecule has 0 radical (unpaired) electrons. The van der Waals surface area contributed by atoms with E-state index in [1.807, 2.05) is 0 Å². The number of hydrazine groups is 1. The number of imidazole rings is 1. The van der Waals surface area contributed by atoms with E-state index in [2.05, 4.69) is 31.3 Å². The Bertz CT molecular complexity index is 483. The van der Waals surface area contributed by atoms with Gasteiger partial charge in [0.05, 0.1) is 11.9 Å². The highest BCUT2D eigenvalue weighted by Crippen LogP contribution is 2.25. The van der Waals surface area contributed by atoms with Gasteiger partial charge in [0.2, 0.25) is 5.95 Å². The van der Waals surface area contributed by atoms with E-state index in [0.29, 0.717) is 17.2 Å². The average molecular weight is 271 g/mol. The second kappa shape index (κ2) is 4.00. The molecule has 2 rings (SSSR count). The molecule has 0 aliphatic carbocycles. The van der Waals surface area contributed by atoms with Crippen LogP contribution >= 0.6 is 15.9 Å². The molecule has 2 aromatic rings. The van der Waals surface area contributed by atoms with Gasteiger partial charge in [0, 0.05) is 10.0 Å². The van der Waals surface area contributed by atoms with Crippen molar-refractivity contribution in [3.8, 4) is 11.3 Å². The lowest BCUT2D eigenvalue weighted by molar-refractivity contribution is 0.630. The Morgan fingerprint density at radius 2 is 2.27 bits per heavy atom. The van der Waals surface area contributed by atoms with Crippen LogP contribution in [0.1, 0.15) is 0 Å². The number of nitrogens with one attached hydrogen (secondary N) is 2. The lowest BCUT2D eigenvalue weighted by Crippen LogP contribution is -2.07. The maximum absolute atomic E-state index is 13.4. The highest BCUT2D eigenvalue weighted by atomic mass is 79.9. The lowest BCUT2D eigenvalue weighted by atomic mass is 10.1. The number of halogens is 2. The summed E-state index contributed by atoms with van der Waals surface area (Å²) in [6, 6.07) is 4.69. The normalized spacial score (nSPS) is 10.3. The summed E-state index contributed by atoms with van der Waals surface area (Å²) in [5.74, 6) is 5.24. The fourth-order valence-electron chi connectivity index (χ4n) is 1.24. The molecule has 0 spiro atoms. The predicted octanol–water partition coefficient (Wildman–Crippen LogP) is 2.26. The molecule has 0 fully saturated rings. The molecule has 0 aliphatic heterocycles. The van der Waals surface area contributed by atoms with E-state index in [1.54, 1.807) is 12.1 Å². The summed E-state index contributed by atoms with van der Waals surface area (Å²) in [6.07, 6.45) is 1.51. The molecule has 1 heterocycles. The smallest absolute Gasteiger partial charge is 0.215 e. The largest absolute Gasteiger partial charge is 0.323 e. The first-order valence-electron chi connectivity index (χ1n) is 4.18. The number of anilines is 1. The van der Waals surface area contributed by atoms with Crippen molar-refractivity contribution in [1.82, 2.24) is 9.97 Å². The molecule has 0 bridgehead atoms. The molecule has 0 aliphatic rings. The molecule has 78 valence electrons. The maximum Gasteiger partial charge on any atom is 0.215 e. The predicted molar refractivity (Wildman–Crippen MR) is 59.5 cm³/mol. The van der Waals surface area contributed by atoms with E-state index >= 15 is 0 Å². The highest BCUT2D eigenvalue weighted by molar-refractivity contribution is 9.10. The van der Waals surface area contributed by atoms with Crippen molar-refractivity contribution in [3.05, 3.63) is 34.7 Å². The molecule has 0 amide bonds. The summed E-state index contributed by atoms with van der Waals surface area (Å²) < 4.78 is 14.2. The van der Waals surface area contributed by atoms with E-state index in [-0.39, 0.29) is 5.82 Å². The van der Waals surface area contributed by atoms with Crippen molar-refractivity contribution in [2.75, 3.05) is 5.43 Å². The maximum atomic E-state index is 13.4. The summed E-state index contributed by atoms with van der Waals surface area (Å²) >= 11 is 3.28. The van der Waals surface area contributed by atoms with Crippen molar-refractivity contribution in [2.45, 2.75) is 0 Å². The van der Waals surface area contributed by atoms with Crippen molar-refractivity contribution in [2.24, 2.45) is 5.84 Å². The minimum atomic E-state index is -0.314. The Morgan fingerprint density at radius 1 is 1.47 bits per heavy atom. The minimum Gasteiger partial charge on any atom is -0.323 e. The van der Waals surface area contributed by atoms with Gasteiger partial charge in [-0.2, -0.15) is 0 Å². The van der Waals surface area contributed by atoms with Gasteiger partial charge < -0.3 is 4.98 Å². The van der Waals surface area contributed by atoms with Crippen molar-refractivity contribution in [3.63, 3.8) is 0 Å². The minimum absolute atomic E-state index is 0.314. The van der Waals surface area contributed by atoms with E-state index < -0.39 is 0 Å². The second-order valence-corrected chi connectivity index (χ2v) is 3.83. The van der Waals surface area contributed by atoms with Gasteiger partial charge in [0.1, 0.15) is 5.82 Å². The zero-order valence-electron chi connectivity index (χ0n) is 7.59. The van der Waals surface area contributed by atoms with Crippen molar-refractivity contribution >= 4 is 21.9 Å². The summed E-state index contributed by atoms with van der Waals surface area (Å²) in [5, 5.41) is 0. The van der Waals surface area contributed by atoms with Crippen LogP contribution in [0.4, 0.5) is 10.3 Å². The third-order valence-corrected chi connectivity index (χ3v) is 2.42. The number of H-pyrrole nitrogens is 1. The Balaban J connectivity index is 2.48. The number of aromatic amines is 1. The monoisotopic (exact) mass is 270 g/mol. The standard InChI is InChI=1S/C9H8BrFN4/c10-5-1-2-7(11)6(3-5)8-4-13-9(14-8)15-12/h1-4H,12H2,(H2,13,14,15). The first-order valence-corrected chi connectivity index (χ1v) is 4.97. The third kappa shape index (κ3) is 2.00. The van der Waals surface area contributed by atoms with Crippen LogP contribution in [0.3, 0.4) is 0 Å². The number of aromatic nitrogens is 2. The molecule has 1 aromatic carbocycles. The average Bonchev–Trinajstić information content (AvgIpc) is 2.70. The molecule has 0 saturated heterocycles. The molecule has 6 heteroatoms. The molecule has 0 saturated carbocycles. The number of nitrogens with two attached hydrogens (primary N) is 1. The Kier molecular flexibility index (Phi) is 2.70. The zero-order valence-corrected chi connectivity index (χ0v) is 9.18. The topological polar surface area (TPSA) is 66.7 Å². The molecule has 15 heavy (non-hydrogen) atoms. The van der Waals surface area contributed by atoms with Crippen LogP contribution in [0, 0.1) is 5.82 Å². The fraction of sp³-hybridized carbons (Fsp3) is 0. The van der Waals surface area contributed by atoms with Crippen LogP contribution in [0.5, 0.6) is 0 Å². The first kappa shape index (κ1) is 10.1. The van der Waals surface area contributed by atoms with Gasteiger partial charge in [-0.25, -0.2) is 15.2 Å². The molecule has 1 aromatic heterocycles. The van der Waals surface area contributed by atoms with E-state index in [4.69, 9.17) is 5.84 Å². The SMILES string of the molecule is NNc1ncc(-c2cc(Br)ccc2F)[nH]1. The van der Waals surface area contributed by atoms with Crippen LogP contribution in [0.2, 0.25) is 0 Å². The number of hydrogen-bond donors (Lipinski definition) is 3. The number of nitrogen functional groups attached to an aromatic ring is 1. The molecular weight excluding hydrogens is 263 g/mol. The number of hydrogen-bond acceptors (Lipinski definition) is 3. The van der Waals surface area contributed by atoms with Crippen molar-refractivity contribution < 1.29 is 4.39 Å². The van der Waals surface area contributed by atoms with Crippen LogP contribution in [-0.2, 0) is 0 Å². The number of rotatable bonds is 2. The molecule has 4 nitrogen and oxygen atoms in total. The number of benzene rings is 1. The lowest BCUT2D eigenvalue weighted by Gasteiger charge is -2.00. The molecule has 0 atom stereocenters. The second-order valence-electron chi connectivity index (χ2n) is 2.91. The van der Waals surface area contributed by atoms with Gasteiger partial charge in [-0.15, -0.1) is 0 Å². The van der Waals surface area contributed by atoms with Crippen LogP contribution < -0.4 is 11.3 Å². The third-order valence-electron chi connectivity index (χ3n) is 1.93. The van der Waals surface area contributed by atoms with Gasteiger partial charge in [0.25, 0.3) is 0 Å². The first-order chi connectivity index (χ1) is 7.20. The van der Waals surface area contributed by atoms with Gasteiger partial charge >= 0.3 is 0 Å². The zero-order chi connectivity index (χ0) is 10.8. The van der Waals surface area contributed by atoms with Gasteiger partial charge in [-0.1, -0.05) is 15.9 Å². The van der Waals surface area contributed by atoms with Crippen LogP contribution in [0.15, 0.2) is 28.9 Å². The Hall–Kier alpha value is -1.40. The molecule has 0 unspecified atom stereocenters. The summed E-state index contributed by atoms with van der Waals surface area (Å²) in [7, 11) is 0.